The van der Waals surface area contributed by atoms with Gasteiger partial charge in [0.15, 0.2) is 11.5 Å². The number of piperidine rings is 1. The first kappa shape index (κ1) is 28.2. The van der Waals surface area contributed by atoms with Gasteiger partial charge in [-0.1, -0.05) is 0 Å². The molecule has 2 amide bonds. The van der Waals surface area contributed by atoms with E-state index < -0.39 is 11.7 Å². The van der Waals surface area contributed by atoms with Gasteiger partial charge in [-0.05, 0) is 83.4 Å². The molecule has 3 aromatic heterocycles. The number of aryl methyl sites for hydroxylation is 1. The van der Waals surface area contributed by atoms with Crippen LogP contribution < -0.4 is 10.1 Å². The van der Waals surface area contributed by atoms with Gasteiger partial charge in [-0.25, -0.2) is 14.8 Å². The Hall–Kier alpha value is -3.60. The maximum absolute atomic E-state index is 13.8. The molecule has 11 heteroatoms. The fourth-order valence-electron chi connectivity index (χ4n) is 6.13. The molecule has 0 spiro atoms. The summed E-state index contributed by atoms with van der Waals surface area (Å²) in [7, 11) is 3.64. The van der Waals surface area contributed by atoms with Gasteiger partial charge < -0.3 is 28.8 Å². The average Bonchev–Trinajstić information content (AvgIpc) is 3.87. The molecular formula is C32H40N6O4S. The number of rotatable bonds is 7. The van der Waals surface area contributed by atoms with E-state index >= 15 is 0 Å². The number of nitrogens with zero attached hydrogens (tertiary/aromatic N) is 5. The Labute approximate surface area is 255 Å². The fraction of sp³-hybridized carbons (Fsp3) is 0.562. The number of fused-ring (bicyclic) bond motifs is 2. The first-order valence-electron chi connectivity index (χ1n) is 15.4. The summed E-state index contributed by atoms with van der Waals surface area (Å²) in [6.07, 6.45) is 6.14. The Morgan fingerprint density at radius 2 is 1.88 bits per heavy atom. The van der Waals surface area contributed by atoms with Gasteiger partial charge in [-0.2, -0.15) is 0 Å². The Balaban J connectivity index is 1.19. The maximum Gasteiger partial charge on any atom is 0.407 e. The lowest BCUT2D eigenvalue weighted by Crippen LogP contribution is -2.50. The summed E-state index contributed by atoms with van der Waals surface area (Å²) in [6.45, 7) is 7.51. The summed E-state index contributed by atoms with van der Waals surface area (Å²) in [5.74, 6) is 2.68. The molecule has 43 heavy (non-hydrogen) atoms. The van der Waals surface area contributed by atoms with Crippen LogP contribution >= 0.6 is 11.3 Å². The molecule has 1 aliphatic heterocycles. The van der Waals surface area contributed by atoms with Crippen molar-refractivity contribution in [3.05, 3.63) is 28.8 Å². The Kier molecular flexibility index (Phi) is 6.91. The molecule has 228 valence electrons. The molecule has 0 unspecified atom stereocenters. The zero-order valence-corrected chi connectivity index (χ0v) is 26.4. The highest BCUT2D eigenvalue weighted by Crippen LogP contribution is 2.45. The average molecular weight is 605 g/mol. The molecule has 10 nitrogen and oxygen atoms in total. The van der Waals surface area contributed by atoms with Crippen molar-refractivity contribution in [1.29, 1.82) is 0 Å². The van der Waals surface area contributed by atoms with Gasteiger partial charge in [0.1, 0.15) is 16.9 Å². The number of thiazole rings is 1. The number of methoxy groups -OCH3 is 1. The lowest BCUT2D eigenvalue weighted by molar-refractivity contribution is 0.0452. The molecule has 2 aliphatic carbocycles. The zero-order chi connectivity index (χ0) is 30.0. The van der Waals surface area contributed by atoms with Crippen LogP contribution in [0.2, 0.25) is 0 Å². The van der Waals surface area contributed by atoms with Crippen LogP contribution in [-0.4, -0.2) is 67.8 Å². The van der Waals surface area contributed by atoms with E-state index in [0.29, 0.717) is 36.2 Å². The van der Waals surface area contributed by atoms with Crippen LogP contribution in [0, 0.1) is 5.92 Å². The number of ether oxygens (including phenoxy) is 2. The predicted octanol–water partition coefficient (Wildman–Crippen LogP) is 6.08. The van der Waals surface area contributed by atoms with Gasteiger partial charge in [-0.15, -0.1) is 11.3 Å². The number of alkyl carbamates (subject to hydrolysis) is 1. The van der Waals surface area contributed by atoms with Gasteiger partial charge in [0.25, 0.3) is 5.91 Å². The molecule has 3 fully saturated rings. The largest absolute Gasteiger partial charge is 0.494 e. The quantitative estimate of drug-likeness (QED) is 0.274. The molecular weight excluding hydrogens is 564 g/mol. The van der Waals surface area contributed by atoms with Gasteiger partial charge in [0, 0.05) is 44.2 Å². The van der Waals surface area contributed by atoms with E-state index in [0.717, 1.165) is 47.6 Å². The maximum atomic E-state index is 13.8. The minimum atomic E-state index is -0.576. The number of imidazole rings is 1. The van der Waals surface area contributed by atoms with E-state index in [-0.39, 0.29) is 11.9 Å². The molecule has 3 aliphatic rings. The standard InChI is InChI=1S/C32H40N6O4S/c1-32(2,3)42-31(40)33-21-7-6-12-37(17-21)30(39)20-13-22-26(24(14-20)41-5)36(4)27(34-22)23-15-25-28(38(23)16-18-8-9-18)35-29(43-25)19-10-11-19/h13-15,18-19,21H,6-12,16-17H2,1-5H3,(H,33,40)/t21-/m1/s1. The van der Waals surface area contributed by atoms with Gasteiger partial charge in [-0.3, -0.25) is 4.79 Å². The van der Waals surface area contributed by atoms with Gasteiger partial charge >= 0.3 is 6.09 Å². The number of nitrogens with one attached hydrogen (secondary N) is 1. The number of carbonyl (C=O) groups is 2. The second-order valence-electron chi connectivity index (χ2n) is 13.4. The number of likely N-dealkylation sites (tertiary alicyclic amines) is 1. The minimum absolute atomic E-state index is 0.0995. The smallest absolute Gasteiger partial charge is 0.407 e. The second kappa shape index (κ2) is 10.5. The zero-order valence-electron chi connectivity index (χ0n) is 25.6. The van der Waals surface area contributed by atoms with Gasteiger partial charge in [0.05, 0.1) is 28.0 Å². The summed E-state index contributed by atoms with van der Waals surface area (Å²) in [4.78, 5) is 38.1. The van der Waals surface area contributed by atoms with Crippen LogP contribution in [0.3, 0.4) is 0 Å². The van der Waals surface area contributed by atoms with Crippen molar-refractivity contribution in [3.63, 3.8) is 0 Å². The van der Waals surface area contributed by atoms with Gasteiger partial charge in [0.2, 0.25) is 0 Å². The number of hydrogen-bond acceptors (Lipinski definition) is 7. The lowest BCUT2D eigenvalue weighted by atomic mass is 10.0. The van der Waals surface area contributed by atoms with E-state index in [1.807, 2.05) is 51.3 Å². The van der Waals surface area contributed by atoms with Crippen molar-refractivity contribution in [3.8, 4) is 17.3 Å². The number of hydrogen-bond donors (Lipinski definition) is 1. The number of aromatic nitrogens is 4. The molecule has 4 aromatic rings. The lowest BCUT2D eigenvalue weighted by Gasteiger charge is -2.33. The molecule has 4 heterocycles. The normalized spacial score (nSPS) is 19.3. The van der Waals surface area contributed by atoms with Crippen LogP contribution in [0.15, 0.2) is 18.2 Å². The second-order valence-corrected chi connectivity index (χ2v) is 14.4. The number of amides is 2. The SMILES string of the molecule is COc1cc(C(=O)N2CCC[C@@H](NC(=O)OC(C)(C)C)C2)cc2nc(-c3cc4sc(C5CC5)nc4n3CC3CC3)n(C)c12. The topological polar surface area (TPSA) is 104 Å². The minimum Gasteiger partial charge on any atom is -0.494 e. The van der Waals surface area contributed by atoms with E-state index in [4.69, 9.17) is 19.4 Å². The summed E-state index contributed by atoms with van der Waals surface area (Å²) >= 11 is 1.82. The summed E-state index contributed by atoms with van der Waals surface area (Å²) in [6, 6.07) is 5.76. The summed E-state index contributed by atoms with van der Waals surface area (Å²) in [5.41, 5.74) is 3.65. The van der Waals surface area contributed by atoms with Crippen LogP contribution in [-0.2, 0) is 18.3 Å². The molecule has 1 aromatic carbocycles. The van der Waals surface area contributed by atoms with Crippen LogP contribution in [0.1, 0.15) is 80.6 Å². The van der Waals surface area contributed by atoms with E-state index in [2.05, 4.69) is 20.5 Å². The Bertz CT molecular complexity index is 1720. The molecule has 1 atom stereocenters. The third-order valence-corrected chi connectivity index (χ3v) is 9.74. The summed E-state index contributed by atoms with van der Waals surface area (Å²) in [5, 5.41) is 4.20. The van der Waals surface area contributed by atoms with Crippen molar-refractivity contribution in [2.75, 3.05) is 20.2 Å². The fourth-order valence-corrected chi connectivity index (χ4v) is 7.31. The van der Waals surface area contributed by atoms with Crippen LogP contribution in [0.4, 0.5) is 4.79 Å². The van der Waals surface area contributed by atoms with Crippen molar-refractivity contribution >= 4 is 44.7 Å². The van der Waals surface area contributed by atoms with Crippen molar-refractivity contribution < 1.29 is 19.1 Å². The highest BCUT2D eigenvalue weighted by Gasteiger charge is 2.32. The first-order chi connectivity index (χ1) is 20.6. The summed E-state index contributed by atoms with van der Waals surface area (Å²) < 4.78 is 16.9. The Morgan fingerprint density at radius 1 is 1.09 bits per heavy atom. The molecule has 0 bridgehead atoms. The van der Waals surface area contributed by atoms with E-state index in [1.165, 1.54) is 35.4 Å². The van der Waals surface area contributed by atoms with E-state index in [9.17, 15) is 9.59 Å². The van der Waals surface area contributed by atoms with Crippen molar-refractivity contribution in [2.24, 2.45) is 13.0 Å². The van der Waals surface area contributed by atoms with Crippen LogP contribution in [0.5, 0.6) is 5.75 Å². The monoisotopic (exact) mass is 604 g/mol. The highest BCUT2D eigenvalue weighted by molar-refractivity contribution is 7.18. The number of benzene rings is 1. The highest BCUT2D eigenvalue weighted by atomic mass is 32.1. The van der Waals surface area contributed by atoms with Crippen LogP contribution in [0.25, 0.3) is 32.9 Å². The predicted molar refractivity (Wildman–Crippen MR) is 167 cm³/mol. The Morgan fingerprint density at radius 3 is 2.58 bits per heavy atom. The number of carbonyl (C=O) groups excluding carboxylic acids is 2. The molecule has 1 N–H and O–H groups in total. The molecule has 7 rings (SSSR count). The van der Waals surface area contributed by atoms with Crippen molar-refractivity contribution in [1.82, 2.24) is 29.3 Å². The molecule has 2 saturated carbocycles. The van der Waals surface area contributed by atoms with E-state index in [1.54, 1.807) is 12.0 Å². The third-order valence-electron chi connectivity index (χ3n) is 8.59. The third kappa shape index (κ3) is 5.59. The molecule has 1 saturated heterocycles. The molecule has 0 radical (unpaired) electrons. The first-order valence-corrected chi connectivity index (χ1v) is 16.2. The van der Waals surface area contributed by atoms with Crippen molar-refractivity contribution in [2.45, 2.75) is 83.4 Å².